The van der Waals surface area contributed by atoms with Gasteiger partial charge in [0.05, 0.1) is 26.0 Å². The molecule has 0 aromatic heterocycles. The molecule has 0 N–H and O–H groups in total. The Morgan fingerprint density at radius 3 is 1.56 bits per heavy atom. The molecule has 0 aliphatic carbocycles. The lowest BCUT2D eigenvalue weighted by molar-refractivity contribution is 0.0807. The molecule has 12 heteroatoms. The zero-order chi connectivity index (χ0) is 43.0. The number of amides is 2. The number of anilines is 2. The average molecular weight is 845 g/mol. The number of hydrogen-bond acceptors (Lipinski definition) is 10. The van der Waals surface area contributed by atoms with Gasteiger partial charge in [0.15, 0.2) is 11.9 Å². The molecule has 0 radical (unpaired) electrons. The van der Waals surface area contributed by atoms with Crippen LogP contribution < -0.4 is 28.7 Å². The minimum atomic E-state index is -0.467. The Bertz CT molecular complexity index is 2540. The number of benzene rings is 6. The number of ether oxygens (including phenoxy) is 8. The minimum Gasteiger partial charge on any atom is -0.491 e. The fourth-order valence-corrected chi connectivity index (χ4v) is 7.10. The highest BCUT2D eigenvalue weighted by Crippen LogP contribution is 2.30. The maximum Gasteiger partial charge on any atom is 0.420 e. The van der Waals surface area contributed by atoms with Crippen molar-refractivity contribution in [2.75, 3.05) is 49.5 Å². The predicted octanol–water partition coefficient (Wildman–Crippen LogP) is 10.2. The van der Waals surface area contributed by atoms with Crippen LogP contribution in [0.25, 0.3) is 22.3 Å². The van der Waals surface area contributed by atoms with Crippen LogP contribution in [0.2, 0.25) is 0 Å². The summed E-state index contributed by atoms with van der Waals surface area (Å²) in [5.74, 6) is 3.23. The summed E-state index contributed by atoms with van der Waals surface area (Å²) < 4.78 is 44.4. The Balaban J connectivity index is 0.718. The second-order valence-electron chi connectivity index (χ2n) is 15.1. The normalized spacial score (nSPS) is 17.2. The minimum absolute atomic E-state index is 0.108. The molecule has 3 saturated heterocycles. The van der Waals surface area contributed by atoms with Gasteiger partial charge in [-0.1, -0.05) is 79.4 Å². The van der Waals surface area contributed by atoms with Gasteiger partial charge in [0.1, 0.15) is 48.6 Å². The quantitative estimate of drug-likeness (QED) is 0.0358. The van der Waals surface area contributed by atoms with Crippen molar-refractivity contribution in [2.24, 2.45) is 0 Å². The van der Waals surface area contributed by atoms with Crippen molar-refractivity contribution in [3.8, 4) is 45.3 Å². The molecule has 0 spiro atoms. The summed E-state index contributed by atoms with van der Waals surface area (Å²) in [6, 6.07) is 46.8. The second kappa shape index (κ2) is 18.9. The third-order valence-corrected chi connectivity index (χ3v) is 10.6. The number of carbonyl (C=O) groups excluding carboxylic acids is 2. The Kier molecular flexibility index (Phi) is 12.2. The molecule has 3 aliphatic rings. The second-order valence-corrected chi connectivity index (χ2v) is 15.1. The van der Waals surface area contributed by atoms with E-state index in [2.05, 4.69) is 6.58 Å². The lowest BCUT2D eigenvalue weighted by atomic mass is 10.0. The Morgan fingerprint density at radius 1 is 0.571 bits per heavy atom. The van der Waals surface area contributed by atoms with Gasteiger partial charge in [-0.25, -0.2) is 9.59 Å². The van der Waals surface area contributed by atoms with E-state index in [-0.39, 0.29) is 26.0 Å². The van der Waals surface area contributed by atoms with E-state index in [1.807, 2.05) is 146 Å². The van der Waals surface area contributed by atoms with E-state index in [1.165, 1.54) is 12.5 Å². The molecular weight excluding hydrogens is 801 g/mol. The molecule has 6 aromatic rings. The zero-order valence-electron chi connectivity index (χ0n) is 34.3. The summed E-state index contributed by atoms with van der Waals surface area (Å²) >= 11 is 0. The van der Waals surface area contributed by atoms with Crippen LogP contribution in [0.5, 0.6) is 23.0 Å². The first-order chi connectivity index (χ1) is 30.9. The van der Waals surface area contributed by atoms with Gasteiger partial charge < -0.3 is 37.9 Å². The van der Waals surface area contributed by atoms with Gasteiger partial charge in [0.25, 0.3) is 0 Å². The van der Waals surface area contributed by atoms with Crippen molar-refractivity contribution < 1.29 is 47.5 Å². The smallest absolute Gasteiger partial charge is 0.420 e. The molecule has 2 unspecified atom stereocenters. The van der Waals surface area contributed by atoms with E-state index >= 15 is 0 Å². The van der Waals surface area contributed by atoms with Crippen LogP contribution in [0.3, 0.4) is 0 Å². The van der Waals surface area contributed by atoms with Crippen LogP contribution in [-0.4, -0.2) is 64.1 Å². The van der Waals surface area contributed by atoms with Crippen LogP contribution in [0.4, 0.5) is 21.0 Å². The number of hydrogen-bond donors (Lipinski definition) is 0. The third-order valence-electron chi connectivity index (χ3n) is 10.6. The van der Waals surface area contributed by atoms with Crippen LogP contribution in [0.1, 0.15) is 11.1 Å². The first kappa shape index (κ1) is 40.7. The van der Waals surface area contributed by atoms with Crippen molar-refractivity contribution >= 4 is 23.6 Å². The van der Waals surface area contributed by atoms with Gasteiger partial charge in [0.2, 0.25) is 6.79 Å². The van der Waals surface area contributed by atoms with Crippen molar-refractivity contribution in [2.45, 2.75) is 18.6 Å². The molecule has 3 heterocycles. The molecule has 0 saturated carbocycles. The van der Waals surface area contributed by atoms with Gasteiger partial charge in [-0.2, -0.15) is 0 Å². The Morgan fingerprint density at radius 2 is 1.05 bits per heavy atom. The zero-order valence-corrected chi connectivity index (χ0v) is 34.3. The lowest BCUT2D eigenvalue weighted by Crippen LogP contribution is -2.26. The van der Waals surface area contributed by atoms with Crippen LogP contribution in [0, 0.1) is 0 Å². The molecule has 318 valence electrons. The van der Waals surface area contributed by atoms with E-state index in [0.29, 0.717) is 42.6 Å². The Hall–Kier alpha value is -7.70. The van der Waals surface area contributed by atoms with E-state index < -0.39 is 18.3 Å². The third kappa shape index (κ3) is 10.4. The molecule has 9 rings (SSSR count). The number of epoxide rings is 1. The monoisotopic (exact) mass is 844 g/mol. The average Bonchev–Trinajstić information content (AvgIpc) is 3.98. The highest BCUT2D eigenvalue weighted by atomic mass is 16.7. The van der Waals surface area contributed by atoms with E-state index in [4.69, 9.17) is 37.9 Å². The van der Waals surface area contributed by atoms with Crippen molar-refractivity contribution in [3.63, 3.8) is 0 Å². The van der Waals surface area contributed by atoms with Gasteiger partial charge in [-0.05, 0) is 113 Å². The standard InChI is InChI=1S/C51H44N2O10/c1-2-56-34-61-46-25-13-40(14-26-46)39-9-21-44(22-10-39)58-31-48-29-53(51(55)63-48)42-17-5-36(6-18-42)27-35-3-15-41(16-4-35)52-28-47(62-50(52)54)30-57-43-19-7-37(8-20-43)38-11-23-45(24-12-38)59-32-49-33-60-49/h2-26,30,48-49H,1,27-29,31-34H2/b47-30-. The van der Waals surface area contributed by atoms with Gasteiger partial charge in [-0.3, -0.25) is 9.80 Å². The fraction of sp³-hybridized carbons (Fsp3) is 0.176. The molecule has 6 aromatic carbocycles. The fourth-order valence-electron chi connectivity index (χ4n) is 7.10. The highest BCUT2D eigenvalue weighted by Gasteiger charge is 2.33. The van der Waals surface area contributed by atoms with E-state index in [9.17, 15) is 9.59 Å². The molecule has 0 bridgehead atoms. The molecule has 3 aliphatic heterocycles. The summed E-state index contributed by atoms with van der Waals surface area (Å²) in [6.07, 6.45) is 2.40. The maximum atomic E-state index is 12.8. The van der Waals surface area contributed by atoms with Crippen LogP contribution in [0.15, 0.2) is 170 Å². The van der Waals surface area contributed by atoms with Gasteiger partial charge in [-0.15, -0.1) is 0 Å². The molecule has 12 nitrogen and oxygen atoms in total. The number of cyclic esters (lactones) is 2. The molecule has 63 heavy (non-hydrogen) atoms. The molecule has 2 atom stereocenters. The van der Waals surface area contributed by atoms with Gasteiger partial charge in [0, 0.05) is 11.4 Å². The maximum absolute atomic E-state index is 12.8. The number of carbonyl (C=O) groups is 2. The van der Waals surface area contributed by atoms with Crippen LogP contribution in [-0.2, 0) is 25.4 Å². The van der Waals surface area contributed by atoms with Crippen LogP contribution >= 0.6 is 0 Å². The van der Waals surface area contributed by atoms with Gasteiger partial charge >= 0.3 is 12.2 Å². The topological polar surface area (TPSA) is 118 Å². The first-order valence-electron chi connectivity index (χ1n) is 20.6. The van der Waals surface area contributed by atoms with Crippen molar-refractivity contribution in [3.05, 3.63) is 182 Å². The summed E-state index contributed by atoms with van der Waals surface area (Å²) in [5, 5.41) is 0. The molecular formula is C51H44N2O10. The Labute approximate surface area is 365 Å². The SMILES string of the molecule is C=COCOc1ccc(-c2ccc(OCC3CN(c4ccc(Cc5ccc(N6C/C(=C/Oc7ccc(-c8ccc(OCC9CO9)cc8)cc7)OC6=O)cc5)cc4)C(=O)O3)cc2)cc1. The van der Waals surface area contributed by atoms with E-state index in [1.54, 1.807) is 9.80 Å². The number of nitrogens with zero attached hydrogens (tertiary/aromatic N) is 2. The first-order valence-corrected chi connectivity index (χ1v) is 20.6. The van der Waals surface area contributed by atoms with E-state index in [0.717, 1.165) is 57.1 Å². The molecule has 2 amide bonds. The van der Waals surface area contributed by atoms with Crippen molar-refractivity contribution in [1.82, 2.24) is 0 Å². The largest absolute Gasteiger partial charge is 0.491 e. The summed E-state index contributed by atoms with van der Waals surface area (Å²) in [7, 11) is 0. The number of rotatable bonds is 18. The predicted molar refractivity (Wildman–Crippen MR) is 237 cm³/mol. The molecule has 3 fully saturated rings. The summed E-state index contributed by atoms with van der Waals surface area (Å²) in [5.41, 5.74) is 7.77. The summed E-state index contributed by atoms with van der Waals surface area (Å²) in [4.78, 5) is 28.8. The highest BCUT2D eigenvalue weighted by molar-refractivity contribution is 5.91. The lowest BCUT2D eigenvalue weighted by Gasteiger charge is -2.14. The van der Waals surface area contributed by atoms with Crippen molar-refractivity contribution in [1.29, 1.82) is 0 Å². The summed E-state index contributed by atoms with van der Waals surface area (Å²) in [6.45, 7) is 5.80.